The summed E-state index contributed by atoms with van der Waals surface area (Å²) in [5.41, 5.74) is 0.506. The number of hydrogen-bond donors (Lipinski definition) is 2. The van der Waals surface area contributed by atoms with Gasteiger partial charge in [0.25, 0.3) is 0 Å². The number of aliphatic carboxylic acids is 2. The molecule has 0 aromatic carbocycles. The lowest BCUT2D eigenvalue weighted by Crippen LogP contribution is -3.00. The third-order valence-corrected chi connectivity index (χ3v) is 3.82. The first kappa shape index (κ1) is 24.6. The van der Waals surface area contributed by atoms with E-state index in [1.165, 1.54) is 0 Å². The summed E-state index contributed by atoms with van der Waals surface area (Å²) >= 11 is 0. The Bertz CT molecular complexity index is 987. The van der Waals surface area contributed by atoms with Gasteiger partial charge in [-0.3, -0.25) is 9.59 Å². The molecule has 10 nitrogen and oxygen atoms in total. The molecule has 0 radical (unpaired) electrons. The van der Waals surface area contributed by atoms with Gasteiger partial charge in [0.1, 0.15) is 6.54 Å². The van der Waals surface area contributed by atoms with Crippen LogP contribution in [0.1, 0.15) is 26.2 Å². The molecule has 2 N–H and O–H groups in total. The second-order valence-corrected chi connectivity index (χ2v) is 5.96. The Balaban J connectivity index is 0.00000450. The maximum atomic E-state index is 10.8. The normalized spacial score (nSPS) is 12.0. The first-order chi connectivity index (χ1) is 14.0. The summed E-state index contributed by atoms with van der Waals surface area (Å²) in [6, 6.07) is 10.6. The molecule has 2 rings (SSSR count). The molecule has 0 atom stereocenters. The van der Waals surface area contributed by atoms with Gasteiger partial charge in [-0.05, 0) is 23.3 Å². The summed E-state index contributed by atoms with van der Waals surface area (Å²) in [5.74, 6) is -0.894. The van der Waals surface area contributed by atoms with E-state index >= 15 is 0 Å². The standard InChI is InChI=1S/C19H22N6O4.ClH/c1-2-15(20-22-16-7-3-5-11-24(16)13-9-18(26)27)21-23-17-8-4-6-12-25(17)14-10-19(28)29;/h3-8,11-12H,2,9-10,13-14H2,1H3,(H-,26,27,28,29);1H. The molecule has 0 unspecified atom stereocenters. The number of aromatic nitrogens is 2. The molecule has 0 fully saturated rings. The van der Waals surface area contributed by atoms with E-state index in [9.17, 15) is 9.59 Å². The van der Waals surface area contributed by atoms with E-state index in [1.807, 2.05) is 6.92 Å². The van der Waals surface area contributed by atoms with E-state index in [1.54, 1.807) is 57.9 Å². The average molecular weight is 435 g/mol. The van der Waals surface area contributed by atoms with E-state index < -0.39 is 11.9 Å². The van der Waals surface area contributed by atoms with Crippen LogP contribution in [0, 0.1) is 0 Å². The second-order valence-electron chi connectivity index (χ2n) is 5.96. The van der Waals surface area contributed by atoms with Gasteiger partial charge in [-0.25, -0.2) is 4.57 Å². The minimum atomic E-state index is -0.891. The number of amidine groups is 1. The summed E-state index contributed by atoms with van der Waals surface area (Å²) in [7, 11) is 0. The van der Waals surface area contributed by atoms with Gasteiger partial charge in [0, 0.05) is 25.2 Å². The summed E-state index contributed by atoms with van der Waals surface area (Å²) in [4.78, 5) is 21.6. The fraction of sp³-hybridized carbons (Fsp3) is 0.316. The van der Waals surface area contributed by atoms with Crippen molar-refractivity contribution in [3.05, 3.63) is 54.3 Å². The van der Waals surface area contributed by atoms with Crippen molar-refractivity contribution in [3.63, 3.8) is 0 Å². The molecular weight excluding hydrogens is 412 g/mol. The Labute approximate surface area is 179 Å². The van der Waals surface area contributed by atoms with E-state index in [0.29, 0.717) is 23.6 Å². The third kappa shape index (κ3) is 8.31. The minimum absolute atomic E-state index is 0. The molecule has 160 valence electrons. The fourth-order valence-corrected chi connectivity index (χ4v) is 2.31. The molecule has 0 amide bonds. The van der Waals surface area contributed by atoms with Gasteiger partial charge in [-0.15, -0.1) is 10.2 Å². The zero-order valence-electron chi connectivity index (χ0n) is 16.4. The Morgan fingerprint density at radius 3 is 2.50 bits per heavy atom. The lowest BCUT2D eigenvalue weighted by Gasteiger charge is -2.03. The van der Waals surface area contributed by atoms with E-state index in [-0.39, 0.29) is 38.3 Å². The van der Waals surface area contributed by atoms with Crippen molar-refractivity contribution >= 4 is 23.6 Å². The number of hydrogen-bond acceptors (Lipinski definition) is 5. The van der Waals surface area contributed by atoms with Gasteiger partial charge >= 0.3 is 17.8 Å². The van der Waals surface area contributed by atoms with E-state index in [0.717, 1.165) is 0 Å². The number of nitrogens with zero attached hydrogens (tertiary/aromatic N) is 6. The summed E-state index contributed by atoms with van der Waals surface area (Å²) < 4.78 is 3.39. The van der Waals surface area contributed by atoms with Crippen molar-refractivity contribution in [1.29, 1.82) is 0 Å². The number of halogens is 1. The Morgan fingerprint density at radius 2 is 1.80 bits per heavy atom. The number of azo groups is 1. The van der Waals surface area contributed by atoms with Crippen LogP contribution in [-0.2, 0) is 22.7 Å². The number of carboxylic acids is 2. The van der Waals surface area contributed by atoms with Gasteiger partial charge in [0.2, 0.25) is 0 Å². The van der Waals surface area contributed by atoms with Crippen LogP contribution in [0.5, 0.6) is 0 Å². The largest absolute Gasteiger partial charge is 1.00 e. The highest BCUT2D eigenvalue weighted by atomic mass is 35.5. The molecule has 0 bridgehead atoms. The lowest BCUT2D eigenvalue weighted by atomic mass is 10.4. The molecule has 2 aromatic heterocycles. The highest BCUT2D eigenvalue weighted by molar-refractivity contribution is 5.82. The Kier molecular flexibility index (Phi) is 10.6. The topological polar surface area (TPSA) is 133 Å². The molecule has 11 heteroatoms. The molecule has 2 aromatic rings. The van der Waals surface area contributed by atoms with Gasteiger partial charge < -0.3 is 27.2 Å². The maximum Gasteiger partial charge on any atom is 0.350 e. The van der Waals surface area contributed by atoms with Gasteiger partial charge in [-0.2, -0.15) is 0 Å². The van der Waals surface area contributed by atoms with Crippen molar-refractivity contribution in [2.24, 2.45) is 20.4 Å². The van der Waals surface area contributed by atoms with Crippen LogP contribution >= 0.6 is 0 Å². The maximum absolute atomic E-state index is 10.8. The summed E-state index contributed by atoms with van der Waals surface area (Å²) in [6.45, 7) is 2.42. The summed E-state index contributed by atoms with van der Waals surface area (Å²) in [6.07, 6.45) is 3.91. The lowest BCUT2D eigenvalue weighted by molar-refractivity contribution is -0.683. The van der Waals surface area contributed by atoms with Crippen LogP contribution in [0.2, 0.25) is 0 Å². The predicted octanol–water partition coefficient (Wildman–Crippen LogP) is -0.863. The summed E-state index contributed by atoms with van der Waals surface area (Å²) in [5, 5.41) is 34.3. The van der Waals surface area contributed by atoms with Crippen molar-refractivity contribution in [3.8, 4) is 0 Å². The Hall–Kier alpha value is -3.40. The molecule has 0 saturated carbocycles. The van der Waals surface area contributed by atoms with Crippen molar-refractivity contribution in [2.45, 2.75) is 39.3 Å². The average Bonchev–Trinajstić information content (AvgIpc) is 2.72. The number of carboxylic acid groups (broad SMARTS) is 2. The van der Waals surface area contributed by atoms with Crippen LogP contribution in [0.25, 0.3) is 0 Å². The van der Waals surface area contributed by atoms with Crippen LogP contribution in [0.15, 0.2) is 69.2 Å². The predicted molar refractivity (Wildman–Crippen MR) is 103 cm³/mol. The van der Waals surface area contributed by atoms with Crippen molar-refractivity contribution in [1.82, 2.24) is 4.57 Å². The van der Waals surface area contributed by atoms with Gasteiger partial charge in [-0.1, -0.05) is 19.1 Å². The van der Waals surface area contributed by atoms with E-state index in [4.69, 9.17) is 10.2 Å². The van der Waals surface area contributed by atoms with E-state index in [2.05, 4.69) is 20.4 Å². The van der Waals surface area contributed by atoms with Crippen LogP contribution in [0.4, 0.5) is 5.82 Å². The Morgan fingerprint density at radius 1 is 1.07 bits per heavy atom. The number of pyridine rings is 2. The highest BCUT2D eigenvalue weighted by Crippen LogP contribution is 2.06. The van der Waals surface area contributed by atoms with Crippen molar-refractivity contribution < 1.29 is 36.8 Å². The first-order valence-electron chi connectivity index (χ1n) is 9.09. The zero-order chi connectivity index (χ0) is 21.1. The molecule has 30 heavy (non-hydrogen) atoms. The fourth-order valence-electron chi connectivity index (χ4n) is 2.31. The highest BCUT2D eigenvalue weighted by Gasteiger charge is 2.11. The molecule has 0 aliphatic carbocycles. The third-order valence-electron chi connectivity index (χ3n) is 3.82. The zero-order valence-corrected chi connectivity index (χ0v) is 17.2. The second kappa shape index (κ2) is 12.9. The number of aryl methyl sites for hydroxylation is 2. The van der Waals surface area contributed by atoms with Crippen LogP contribution < -0.4 is 22.5 Å². The number of carbonyl (C=O) groups is 2. The molecule has 0 aliphatic heterocycles. The SMILES string of the molecule is CCC(N=Nc1cccc[n+]1CCC(=O)O)=NN=c1ccccn1CCC(=O)O.[Cl-]. The van der Waals surface area contributed by atoms with Crippen LogP contribution in [0.3, 0.4) is 0 Å². The molecule has 2 heterocycles. The minimum Gasteiger partial charge on any atom is -1.00 e. The quantitative estimate of drug-likeness (QED) is 0.174. The van der Waals surface area contributed by atoms with Crippen LogP contribution in [-0.4, -0.2) is 32.6 Å². The van der Waals surface area contributed by atoms with Gasteiger partial charge in [0.15, 0.2) is 11.3 Å². The molecule has 0 saturated heterocycles. The molecule has 0 aliphatic rings. The van der Waals surface area contributed by atoms with Gasteiger partial charge in [0.05, 0.1) is 24.2 Å². The molecular formula is C19H23ClN6O4. The first-order valence-corrected chi connectivity index (χ1v) is 9.09. The molecule has 0 spiro atoms. The number of rotatable bonds is 9. The van der Waals surface area contributed by atoms with Crippen molar-refractivity contribution in [2.75, 3.05) is 0 Å². The monoisotopic (exact) mass is 434 g/mol. The smallest absolute Gasteiger partial charge is 0.350 e.